The van der Waals surface area contributed by atoms with Crippen molar-refractivity contribution in [3.8, 4) is 16.9 Å². The first-order chi connectivity index (χ1) is 17.3. The fourth-order valence-electron chi connectivity index (χ4n) is 3.47. The summed E-state index contributed by atoms with van der Waals surface area (Å²) >= 11 is 0. The molecule has 2 rings (SSSR count). The highest BCUT2D eigenvalue weighted by molar-refractivity contribution is 5.92. The lowest BCUT2D eigenvalue weighted by Gasteiger charge is -2.16. The molecule has 36 heavy (non-hydrogen) atoms. The smallest absolute Gasteiger partial charge is 0.348 e. The largest absolute Gasteiger partial charge is 0.494 e. The summed E-state index contributed by atoms with van der Waals surface area (Å²) in [6.07, 6.45) is 5.12. The van der Waals surface area contributed by atoms with Crippen LogP contribution in [0.15, 0.2) is 48.5 Å². The van der Waals surface area contributed by atoms with Crippen LogP contribution in [0.4, 0.5) is 0 Å². The van der Waals surface area contributed by atoms with Crippen molar-refractivity contribution in [1.82, 2.24) is 0 Å². The van der Waals surface area contributed by atoms with Crippen LogP contribution in [0.2, 0.25) is 0 Å². The summed E-state index contributed by atoms with van der Waals surface area (Å²) in [7, 11) is 0. The Labute approximate surface area is 214 Å². The topological polar surface area (TPSA) is 88.1 Å². The van der Waals surface area contributed by atoms with Gasteiger partial charge in [0.05, 0.1) is 18.8 Å². The lowest BCUT2D eigenvalue weighted by molar-refractivity contribution is -0.171. The lowest BCUT2D eigenvalue weighted by Crippen LogP contribution is -2.33. The van der Waals surface area contributed by atoms with E-state index in [-0.39, 0.29) is 6.61 Å². The first-order valence-corrected chi connectivity index (χ1v) is 12.8. The third-order valence-electron chi connectivity index (χ3n) is 5.60. The molecule has 0 heterocycles. The number of ether oxygens (including phenoxy) is 4. The van der Waals surface area contributed by atoms with Crippen LogP contribution in [0.25, 0.3) is 11.1 Å². The van der Waals surface area contributed by atoms with Crippen LogP contribution in [0, 0.1) is 0 Å². The molecule has 0 saturated carbocycles. The molecular formula is C29H38O7. The molecule has 0 radical (unpaired) electrons. The van der Waals surface area contributed by atoms with E-state index in [1.165, 1.54) is 46.0 Å². The second kappa shape index (κ2) is 15.6. The summed E-state index contributed by atoms with van der Waals surface area (Å²) in [6.45, 7) is 7.56. The molecule has 7 nitrogen and oxygen atoms in total. The van der Waals surface area contributed by atoms with Gasteiger partial charge in [-0.1, -0.05) is 63.3 Å². The minimum atomic E-state index is -1.17. The van der Waals surface area contributed by atoms with Gasteiger partial charge in [-0.3, -0.25) is 0 Å². The van der Waals surface area contributed by atoms with Gasteiger partial charge < -0.3 is 18.9 Å². The molecule has 0 aliphatic rings. The highest BCUT2D eigenvalue weighted by Crippen LogP contribution is 2.23. The van der Waals surface area contributed by atoms with Gasteiger partial charge in [-0.15, -0.1) is 0 Å². The molecule has 7 heteroatoms. The van der Waals surface area contributed by atoms with Crippen molar-refractivity contribution in [2.24, 2.45) is 0 Å². The molecule has 0 N–H and O–H groups in total. The van der Waals surface area contributed by atoms with Gasteiger partial charge in [-0.2, -0.15) is 0 Å². The van der Waals surface area contributed by atoms with Crippen LogP contribution >= 0.6 is 0 Å². The molecule has 0 unspecified atom stereocenters. The lowest BCUT2D eigenvalue weighted by atomic mass is 10.0. The Bertz CT molecular complexity index is 951. The van der Waals surface area contributed by atoms with Crippen LogP contribution in [0.5, 0.6) is 5.75 Å². The summed E-state index contributed by atoms with van der Waals surface area (Å²) in [5.41, 5.74) is 2.23. The predicted molar refractivity (Wildman–Crippen MR) is 138 cm³/mol. The molecule has 0 amide bonds. The number of unbranched alkanes of at least 4 members (excludes halogenated alkanes) is 5. The van der Waals surface area contributed by atoms with Crippen molar-refractivity contribution in [2.45, 2.75) is 78.4 Å². The first-order valence-electron chi connectivity index (χ1n) is 12.8. The fraction of sp³-hybridized carbons (Fsp3) is 0.483. The van der Waals surface area contributed by atoms with Gasteiger partial charge in [0.25, 0.3) is 0 Å². The second-order valence-corrected chi connectivity index (χ2v) is 8.60. The molecule has 0 bridgehead atoms. The maximum absolute atomic E-state index is 12.4. The summed E-state index contributed by atoms with van der Waals surface area (Å²) in [5.74, 6) is -1.30. The molecule has 196 valence electrons. The Kier molecular flexibility index (Phi) is 12.5. The first kappa shape index (κ1) is 28.9. The monoisotopic (exact) mass is 498 g/mol. The quantitative estimate of drug-likeness (QED) is 0.166. The number of carbonyl (C=O) groups excluding carboxylic acids is 3. The van der Waals surface area contributed by atoms with E-state index in [1.54, 1.807) is 19.1 Å². The molecule has 0 aliphatic carbocycles. The third kappa shape index (κ3) is 9.72. The van der Waals surface area contributed by atoms with E-state index in [9.17, 15) is 14.4 Å². The van der Waals surface area contributed by atoms with Crippen LogP contribution in [0.1, 0.15) is 76.6 Å². The summed E-state index contributed by atoms with van der Waals surface area (Å²) in [6, 6.07) is 14.8. The molecular weight excluding hydrogens is 460 g/mol. The van der Waals surface area contributed by atoms with Gasteiger partial charge in [0.2, 0.25) is 0 Å². The van der Waals surface area contributed by atoms with E-state index < -0.39 is 30.1 Å². The van der Waals surface area contributed by atoms with E-state index in [0.29, 0.717) is 5.56 Å². The zero-order chi connectivity index (χ0) is 26.3. The van der Waals surface area contributed by atoms with Crippen molar-refractivity contribution in [1.29, 1.82) is 0 Å². The predicted octanol–water partition coefficient (Wildman–Crippen LogP) is 6.13. The normalized spacial score (nSPS) is 12.3. The minimum Gasteiger partial charge on any atom is -0.494 e. The summed E-state index contributed by atoms with van der Waals surface area (Å²) in [4.78, 5) is 36.1. The van der Waals surface area contributed by atoms with Gasteiger partial charge >= 0.3 is 17.9 Å². The Hall–Kier alpha value is -3.35. The maximum Gasteiger partial charge on any atom is 0.348 e. The van der Waals surface area contributed by atoms with Gasteiger partial charge in [0.15, 0.2) is 12.2 Å². The molecule has 0 spiro atoms. The van der Waals surface area contributed by atoms with E-state index >= 15 is 0 Å². The molecule has 0 aromatic heterocycles. The standard InChI is InChI=1S/C29H38O7/c1-5-7-8-9-10-11-20-34-26-18-16-24(17-19-26)23-12-14-25(15-13-23)29(32)36-22(4)28(31)35-21(3)27(30)33-6-2/h12-19,21-22H,5-11,20H2,1-4H3/t21-,22-/m1/s1. The van der Waals surface area contributed by atoms with Gasteiger partial charge in [0.1, 0.15) is 5.75 Å². The van der Waals surface area contributed by atoms with E-state index in [1.807, 2.05) is 36.4 Å². The van der Waals surface area contributed by atoms with Gasteiger partial charge in [-0.05, 0) is 62.6 Å². The highest BCUT2D eigenvalue weighted by atomic mass is 16.6. The van der Waals surface area contributed by atoms with Gasteiger partial charge in [0, 0.05) is 0 Å². The van der Waals surface area contributed by atoms with Crippen molar-refractivity contribution in [3.05, 3.63) is 54.1 Å². The Balaban J connectivity index is 1.82. The van der Waals surface area contributed by atoms with E-state index in [2.05, 4.69) is 6.92 Å². The van der Waals surface area contributed by atoms with Crippen LogP contribution in [-0.2, 0) is 23.8 Å². The van der Waals surface area contributed by atoms with Crippen LogP contribution in [0.3, 0.4) is 0 Å². The molecule has 0 fully saturated rings. The van der Waals surface area contributed by atoms with Crippen molar-refractivity contribution < 1.29 is 33.3 Å². The number of carbonyl (C=O) groups is 3. The Morgan fingerprint density at radius 2 is 1.25 bits per heavy atom. The summed E-state index contributed by atoms with van der Waals surface area (Å²) < 4.78 is 20.8. The van der Waals surface area contributed by atoms with E-state index in [0.717, 1.165) is 29.9 Å². The average Bonchev–Trinajstić information content (AvgIpc) is 2.88. The molecule has 2 aromatic rings. The number of hydrogen-bond donors (Lipinski definition) is 0. The van der Waals surface area contributed by atoms with Crippen molar-refractivity contribution >= 4 is 17.9 Å². The number of hydrogen-bond acceptors (Lipinski definition) is 7. The highest BCUT2D eigenvalue weighted by Gasteiger charge is 2.25. The average molecular weight is 499 g/mol. The minimum absolute atomic E-state index is 0.179. The van der Waals surface area contributed by atoms with Crippen molar-refractivity contribution in [2.75, 3.05) is 13.2 Å². The Morgan fingerprint density at radius 1 is 0.694 bits per heavy atom. The zero-order valence-corrected chi connectivity index (χ0v) is 21.8. The molecule has 2 aromatic carbocycles. The second-order valence-electron chi connectivity index (χ2n) is 8.60. The molecule has 0 saturated heterocycles. The zero-order valence-electron chi connectivity index (χ0n) is 21.8. The maximum atomic E-state index is 12.4. The van der Waals surface area contributed by atoms with Gasteiger partial charge in [-0.25, -0.2) is 14.4 Å². The molecule has 0 aliphatic heterocycles. The number of benzene rings is 2. The number of rotatable bonds is 15. The summed E-state index contributed by atoms with van der Waals surface area (Å²) in [5, 5.41) is 0. The van der Waals surface area contributed by atoms with E-state index in [4.69, 9.17) is 18.9 Å². The van der Waals surface area contributed by atoms with Crippen LogP contribution < -0.4 is 4.74 Å². The molecule has 2 atom stereocenters. The van der Waals surface area contributed by atoms with Crippen molar-refractivity contribution in [3.63, 3.8) is 0 Å². The Morgan fingerprint density at radius 3 is 1.86 bits per heavy atom. The SMILES string of the molecule is CCCCCCCCOc1ccc(-c2ccc(C(=O)O[C@H](C)C(=O)O[C@H](C)C(=O)OCC)cc2)cc1. The fourth-order valence-corrected chi connectivity index (χ4v) is 3.47. The third-order valence-corrected chi connectivity index (χ3v) is 5.60. The van der Waals surface area contributed by atoms with Crippen LogP contribution in [-0.4, -0.2) is 43.3 Å². The number of esters is 3.